The molecule has 0 atom stereocenters. The molecule has 9 nitrogen and oxygen atoms in total. The van der Waals surface area contributed by atoms with Gasteiger partial charge in [0.05, 0.1) is 17.1 Å². The standard InChI is InChI=1S/C21H20BrN5O4/c1-13(2)11-31-21(28)14-3-7-16(8-4-14)25-19-18(27(29)30)20(24-12-23-19)26-17-9-5-15(22)6-10-17/h3-10,12-13H,11H2,1-2H3,(H2,23,24,25,26). The van der Waals surface area contributed by atoms with E-state index in [0.29, 0.717) is 23.5 Å². The summed E-state index contributed by atoms with van der Waals surface area (Å²) in [6, 6.07) is 13.6. The second-order valence-electron chi connectivity index (χ2n) is 7.00. The molecule has 2 N–H and O–H groups in total. The number of aromatic nitrogens is 2. The average Bonchev–Trinajstić information content (AvgIpc) is 2.74. The van der Waals surface area contributed by atoms with E-state index in [9.17, 15) is 14.9 Å². The quantitative estimate of drug-likeness (QED) is 0.245. The molecule has 0 aliphatic heterocycles. The van der Waals surface area contributed by atoms with Crippen LogP contribution < -0.4 is 10.6 Å². The first-order valence-electron chi connectivity index (χ1n) is 9.39. The van der Waals surface area contributed by atoms with Crippen molar-refractivity contribution in [3.05, 3.63) is 75.0 Å². The zero-order valence-electron chi connectivity index (χ0n) is 16.8. The van der Waals surface area contributed by atoms with E-state index < -0.39 is 10.9 Å². The zero-order valence-corrected chi connectivity index (χ0v) is 18.4. The van der Waals surface area contributed by atoms with Crippen LogP contribution in [-0.4, -0.2) is 27.5 Å². The van der Waals surface area contributed by atoms with Gasteiger partial charge in [0.25, 0.3) is 0 Å². The number of benzene rings is 2. The highest BCUT2D eigenvalue weighted by Gasteiger charge is 2.23. The Balaban J connectivity index is 1.80. The van der Waals surface area contributed by atoms with Gasteiger partial charge >= 0.3 is 11.7 Å². The second-order valence-corrected chi connectivity index (χ2v) is 7.92. The number of carbonyl (C=O) groups excluding carboxylic acids is 1. The highest BCUT2D eigenvalue weighted by atomic mass is 79.9. The largest absolute Gasteiger partial charge is 0.462 e. The first-order chi connectivity index (χ1) is 14.8. The van der Waals surface area contributed by atoms with E-state index in [-0.39, 0.29) is 23.2 Å². The molecule has 160 valence electrons. The van der Waals surface area contributed by atoms with Gasteiger partial charge in [-0.15, -0.1) is 0 Å². The summed E-state index contributed by atoms with van der Waals surface area (Å²) in [5, 5.41) is 17.6. The van der Waals surface area contributed by atoms with Gasteiger partial charge in [0.2, 0.25) is 11.6 Å². The van der Waals surface area contributed by atoms with Crippen molar-refractivity contribution in [2.45, 2.75) is 13.8 Å². The number of nitrogens with zero attached hydrogens (tertiary/aromatic N) is 3. The Hall–Kier alpha value is -3.53. The summed E-state index contributed by atoms with van der Waals surface area (Å²) in [5.74, 6) is -0.105. The lowest BCUT2D eigenvalue weighted by atomic mass is 10.2. The van der Waals surface area contributed by atoms with Crippen LogP contribution in [0.25, 0.3) is 0 Å². The van der Waals surface area contributed by atoms with E-state index in [2.05, 4.69) is 36.5 Å². The molecule has 1 heterocycles. The monoisotopic (exact) mass is 485 g/mol. The van der Waals surface area contributed by atoms with E-state index in [1.807, 2.05) is 26.0 Å². The molecule has 0 amide bonds. The molecule has 2 aromatic carbocycles. The lowest BCUT2D eigenvalue weighted by Crippen LogP contribution is -2.10. The SMILES string of the molecule is CC(C)COC(=O)c1ccc(Nc2ncnc(Nc3ccc(Br)cc3)c2[N+](=O)[O-])cc1. The van der Waals surface area contributed by atoms with Gasteiger partial charge in [-0.25, -0.2) is 14.8 Å². The van der Waals surface area contributed by atoms with Crippen molar-refractivity contribution in [1.29, 1.82) is 0 Å². The molecule has 0 unspecified atom stereocenters. The van der Waals surface area contributed by atoms with Crippen LogP contribution in [0.4, 0.5) is 28.7 Å². The fraction of sp³-hybridized carbons (Fsp3) is 0.190. The minimum Gasteiger partial charge on any atom is -0.462 e. The number of ether oxygens (including phenoxy) is 1. The summed E-state index contributed by atoms with van der Waals surface area (Å²) in [6.07, 6.45) is 1.23. The highest BCUT2D eigenvalue weighted by molar-refractivity contribution is 9.10. The van der Waals surface area contributed by atoms with E-state index in [1.54, 1.807) is 36.4 Å². The van der Waals surface area contributed by atoms with E-state index >= 15 is 0 Å². The van der Waals surface area contributed by atoms with Crippen molar-refractivity contribution in [2.75, 3.05) is 17.2 Å². The molecule has 1 aromatic heterocycles. The Morgan fingerprint density at radius 2 is 1.55 bits per heavy atom. The van der Waals surface area contributed by atoms with Crippen molar-refractivity contribution in [3.8, 4) is 0 Å². The minimum atomic E-state index is -0.554. The van der Waals surface area contributed by atoms with Gasteiger partial charge in [0.15, 0.2) is 0 Å². The van der Waals surface area contributed by atoms with Crippen LogP contribution in [-0.2, 0) is 4.74 Å². The minimum absolute atomic E-state index is 0.0229. The number of nitro groups is 1. The van der Waals surface area contributed by atoms with Gasteiger partial charge in [-0.05, 0) is 54.4 Å². The molecule has 0 aliphatic carbocycles. The fourth-order valence-corrected chi connectivity index (χ4v) is 2.82. The smallest absolute Gasteiger partial charge is 0.353 e. The molecule has 3 aromatic rings. The molecule has 0 spiro atoms. The van der Waals surface area contributed by atoms with Crippen LogP contribution in [0.15, 0.2) is 59.3 Å². The summed E-state index contributed by atoms with van der Waals surface area (Å²) < 4.78 is 6.08. The molecule has 31 heavy (non-hydrogen) atoms. The Bertz CT molecular complexity index is 1070. The number of halogens is 1. The maximum absolute atomic E-state index is 12.0. The van der Waals surface area contributed by atoms with Gasteiger partial charge in [-0.1, -0.05) is 29.8 Å². The number of anilines is 4. The zero-order chi connectivity index (χ0) is 22.4. The van der Waals surface area contributed by atoms with Gasteiger partial charge in [-0.3, -0.25) is 10.1 Å². The first-order valence-corrected chi connectivity index (χ1v) is 10.2. The number of carbonyl (C=O) groups is 1. The molecule has 0 saturated carbocycles. The van der Waals surface area contributed by atoms with Gasteiger partial charge in [-0.2, -0.15) is 0 Å². The molecule has 10 heteroatoms. The Morgan fingerprint density at radius 3 is 2.03 bits per heavy atom. The third-order valence-electron chi connectivity index (χ3n) is 4.04. The van der Waals surface area contributed by atoms with E-state index in [0.717, 1.165) is 4.47 Å². The van der Waals surface area contributed by atoms with Crippen molar-refractivity contribution < 1.29 is 14.5 Å². The number of nitrogens with one attached hydrogen (secondary N) is 2. The number of hydrogen-bond donors (Lipinski definition) is 2. The summed E-state index contributed by atoms with van der Waals surface area (Å²) in [4.78, 5) is 31.2. The summed E-state index contributed by atoms with van der Waals surface area (Å²) in [6.45, 7) is 4.24. The molecule has 0 saturated heterocycles. The van der Waals surface area contributed by atoms with Crippen LogP contribution in [0.2, 0.25) is 0 Å². The van der Waals surface area contributed by atoms with Crippen LogP contribution >= 0.6 is 15.9 Å². The van der Waals surface area contributed by atoms with Crippen molar-refractivity contribution in [1.82, 2.24) is 9.97 Å². The van der Waals surface area contributed by atoms with Gasteiger partial charge in [0, 0.05) is 15.8 Å². The van der Waals surface area contributed by atoms with Crippen LogP contribution in [0.3, 0.4) is 0 Å². The Morgan fingerprint density at radius 1 is 1.03 bits per heavy atom. The number of rotatable bonds is 8. The summed E-state index contributed by atoms with van der Waals surface area (Å²) in [7, 11) is 0. The van der Waals surface area contributed by atoms with Crippen molar-refractivity contribution >= 4 is 50.6 Å². The second kappa shape index (κ2) is 9.98. The number of hydrogen-bond acceptors (Lipinski definition) is 8. The third kappa shape index (κ3) is 5.98. The van der Waals surface area contributed by atoms with E-state index in [1.165, 1.54) is 6.33 Å². The normalized spacial score (nSPS) is 10.6. The predicted molar refractivity (Wildman–Crippen MR) is 121 cm³/mol. The first kappa shape index (κ1) is 22.2. The molecule has 0 fully saturated rings. The van der Waals surface area contributed by atoms with E-state index in [4.69, 9.17) is 4.74 Å². The lowest BCUT2D eigenvalue weighted by Gasteiger charge is -2.11. The highest BCUT2D eigenvalue weighted by Crippen LogP contribution is 2.33. The van der Waals surface area contributed by atoms with Gasteiger partial charge in [0.1, 0.15) is 6.33 Å². The van der Waals surface area contributed by atoms with Crippen LogP contribution in [0, 0.1) is 16.0 Å². The van der Waals surface area contributed by atoms with Gasteiger partial charge < -0.3 is 15.4 Å². The van der Waals surface area contributed by atoms with Crippen molar-refractivity contribution in [3.63, 3.8) is 0 Å². The fourth-order valence-electron chi connectivity index (χ4n) is 2.56. The lowest BCUT2D eigenvalue weighted by molar-refractivity contribution is -0.383. The van der Waals surface area contributed by atoms with Crippen molar-refractivity contribution in [2.24, 2.45) is 5.92 Å². The molecule has 0 radical (unpaired) electrons. The molecule has 0 bridgehead atoms. The predicted octanol–water partition coefficient (Wildman–Crippen LogP) is 5.45. The topological polar surface area (TPSA) is 119 Å². The molecular weight excluding hydrogens is 466 g/mol. The number of esters is 1. The van der Waals surface area contributed by atoms with Crippen LogP contribution in [0.1, 0.15) is 24.2 Å². The molecular formula is C21H20BrN5O4. The Kier molecular flexibility index (Phi) is 7.14. The maximum atomic E-state index is 12.0. The van der Waals surface area contributed by atoms with Crippen LogP contribution in [0.5, 0.6) is 0 Å². The molecule has 0 aliphatic rings. The summed E-state index contributed by atoms with van der Waals surface area (Å²) >= 11 is 3.35. The average molecular weight is 486 g/mol. The Labute approximate surface area is 187 Å². The summed E-state index contributed by atoms with van der Waals surface area (Å²) in [5.41, 5.74) is 1.25. The molecule has 3 rings (SSSR count). The maximum Gasteiger partial charge on any atom is 0.353 e. The third-order valence-corrected chi connectivity index (χ3v) is 4.57.